The minimum Gasteiger partial charge on any atom is -0.486 e. The first-order valence-corrected chi connectivity index (χ1v) is 7.77. The van der Waals surface area contributed by atoms with Gasteiger partial charge in [-0.25, -0.2) is 4.39 Å². The number of carbonyl (C=O) groups is 1. The smallest absolute Gasteiger partial charge is 0.258 e. The van der Waals surface area contributed by atoms with Crippen molar-refractivity contribution >= 4 is 11.6 Å². The minimum absolute atomic E-state index is 0.0654. The molecule has 0 bridgehead atoms. The highest BCUT2D eigenvalue weighted by Gasteiger charge is 2.21. The monoisotopic (exact) mass is 331 g/mol. The molecule has 2 N–H and O–H groups in total. The van der Waals surface area contributed by atoms with Gasteiger partial charge in [-0.15, -0.1) is 0 Å². The Kier molecular flexibility index (Phi) is 4.66. The van der Waals surface area contributed by atoms with Gasteiger partial charge in [0.25, 0.3) is 5.91 Å². The minimum atomic E-state index is -0.781. The summed E-state index contributed by atoms with van der Waals surface area (Å²) in [7, 11) is 0. The standard InChI is InChI=1S/C18H18FNO4/c1-2-15(21)12-9-16-17(24-8-7-23-16)10-14(12)20-18(22)11-5-3-4-6-13(11)19/h3-6,9-10,15,21H,2,7-8H2,1H3,(H,20,22)/t15-/m0/s1. The molecule has 2 aromatic rings. The van der Waals surface area contributed by atoms with Crippen molar-refractivity contribution in [2.75, 3.05) is 18.5 Å². The number of ether oxygens (including phenoxy) is 2. The lowest BCUT2D eigenvalue weighted by molar-refractivity contribution is 0.102. The van der Waals surface area contributed by atoms with Crippen molar-refractivity contribution < 1.29 is 23.8 Å². The molecule has 0 fully saturated rings. The first-order chi connectivity index (χ1) is 11.6. The van der Waals surface area contributed by atoms with E-state index in [1.165, 1.54) is 18.2 Å². The van der Waals surface area contributed by atoms with Crippen LogP contribution in [0.4, 0.5) is 10.1 Å². The average molecular weight is 331 g/mol. The maximum Gasteiger partial charge on any atom is 0.258 e. The predicted molar refractivity (Wildman–Crippen MR) is 87.0 cm³/mol. The molecule has 2 aromatic carbocycles. The number of benzene rings is 2. The van der Waals surface area contributed by atoms with E-state index in [9.17, 15) is 14.3 Å². The second-order valence-corrected chi connectivity index (χ2v) is 5.44. The van der Waals surface area contributed by atoms with Gasteiger partial charge in [0.05, 0.1) is 17.4 Å². The normalized spacial score (nSPS) is 14.1. The Morgan fingerprint density at radius 3 is 2.58 bits per heavy atom. The fourth-order valence-electron chi connectivity index (χ4n) is 2.54. The van der Waals surface area contributed by atoms with Crippen LogP contribution >= 0.6 is 0 Å². The summed E-state index contributed by atoms with van der Waals surface area (Å²) in [4.78, 5) is 12.4. The van der Waals surface area contributed by atoms with Crippen molar-refractivity contribution in [2.45, 2.75) is 19.4 Å². The van der Waals surface area contributed by atoms with E-state index in [1.807, 2.05) is 6.92 Å². The molecule has 1 atom stereocenters. The van der Waals surface area contributed by atoms with Gasteiger partial charge in [0, 0.05) is 11.6 Å². The van der Waals surface area contributed by atoms with Crippen LogP contribution in [-0.2, 0) is 0 Å². The van der Waals surface area contributed by atoms with Crippen molar-refractivity contribution in [3.8, 4) is 11.5 Å². The summed E-state index contributed by atoms with van der Waals surface area (Å²) in [6, 6.07) is 8.98. The highest BCUT2D eigenvalue weighted by Crippen LogP contribution is 2.39. The quantitative estimate of drug-likeness (QED) is 0.902. The molecule has 126 valence electrons. The molecule has 1 heterocycles. The number of aliphatic hydroxyl groups excluding tert-OH is 1. The fourth-order valence-corrected chi connectivity index (χ4v) is 2.54. The van der Waals surface area contributed by atoms with Crippen LogP contribution in [0.1, 0.15) is 35.4 Å². The third-order valence-electron chi connectivity index (χ3n) is 3.83. The second kappa shape index (κ2) is 6.88. The van der Waals surface area contributed by atoms with Gasteiger partial charge in [-0.2, -0.15) is 0 Å². The molecule has 1 amide bonds. The first-order valence-electron chi connectivity index (χ1n) is 7.77. The number of rotatable bonds is 4. The summed E-state index contributed by atoms with van der Waals surface area (Å²) >= 11 is 0. The van der Waals surface area contributed by atoms with Crippen molar-refractivity contribution in [3.63, 3.8) is 0 Å². The third-order valence-corrected chi connectivity index (χ3v) is 3.83. The van der Waals surface area contributed by atoms with E-state index in [0.29, 0.717) is 42.4 Å². The summed E-state index contributed by atoms with van der Waals surface area (Å²) in [5.74, 6) is -0.191. The number of aliphatic hydroxyl groups is 1. The molecular formula is C18H18FNO4. The third kappa shape index (κ3) is 3.19. The van der Waals surface area contributed by atoms with Crippen LogP contribution < -0.4 is 14.8 Å². The van der Waals surface area contributed by atoms with E-state index in [0.717, 1.165) is 0 Å². The van der Waals surface area contributed by atoms with Crippen molar-refractivity contribution in [1.29, 1.82) is 0 Å². The Morgan fingerprint density at radius 1 is 1.25 bits per heavy atom. The number of carbonyl (C=O) groups excluding carboxylic acids is 1. The molecule has 5 nitrogen and oxygen atoms in total. The van der Waals surface area contributed by atoms with Crippen molar-refractivity contribution in [2.24, 2.45) is 0 Å². The van der Waals surface area contributed by atoms with E-state index in [-0.39, 0.29) is 5.56 Å². The van der Waals surface area contributed by atoms with Crippen LogP contribution in [0.3, 0.4) is 0 Å². The number of nitrogens with one attached hydrogen (secondary N) is 1. The molecular weight excluding hydrogens is 313 g/mol. The lowest BCUT2D eigenvalue weighted by Gasteiger charge is -2.23. The number of anilines is 1. The van der Waals surface area contributed by atoms with Crippen LogP contribution in [0.5, 0.6) is 11.5 Å². The molecule has 0 radical (unpaired) electrons. The van der Waals surface area contributed by atoms with Crippen LogP contribution in [0.2, 0.25) is 0 Å². The Balaban J connectivity index is 1.96. The number of hydrogen-bond acceptors (Lipinski definition) is 4. The molecule has 0 aliphatic carbocycles. The Labute approximate surface area is 139 Å². The van der Waals surface area contributed by atoms with Crippen LogP contribution in [-0.4, -0.2) is 24.2 Å². The molecule has 1 aliphatic rings. The molecule has 0 saturated carbocycles. The zero-order chi connectivity index (χ0) is 17.1. The molecule has 0 spiro atoms. The van der Waals surface area contributed by atoms with Crippen molar-refractivity contribution in [1.82, 2.24) is 0 Å². The van der Waals surface area contributed by atoms with Gasteiger partial charge in [-0.05, 0) is 24.6 Å². The topological polar surface area (TPSA) is 67.8 Å². The Hall–Kier alpha value is -2.60. The molecule has 1 aliphatic heterocycles. The van der Waals surface area contributed by atoms with Gasteiger partial charge in [-0.3, -0.25) is 4.79 Å². The summed E-state index contributed by atoms with van der Waals surface area (Å²) in [6.45, 7) is 2.66. The molecule has 0 aromatic heterocycles. The number of halogens is 1. The van der Waals surface area contributed by atoms with E-state index in [4.69, 9.17) is 9.47 Å². The fraction of sp³-hybridized carbons (Fsp3) is 0.278. The van der Waals surface area contributed by atoms with Gasteiger partial charge >= 0.3 is 0 Å². The number of fused-ring (bicyclic) bond motifs is 1. The van der Waals surface area contributed by atoms with E-state index in [1.54, 1.807) is 18.2 Å². The van der Waals surface area contributed by atoms with Gasteiger partial charge in [0.2, 0.25) is 0 Å². The van der Waals surface area contributed by atoms with Crippen LogP contribution in [0.25, 0.3) is 0 Å². The molecule has 6 heteroatoms. The zero-order valence-electron chi connectivity index (χ0n) is 13.2. The van der Waals surface area contributed by atoms with Gasteiger partial charge < -0.3 is 19.9 Å². The summed E-state index contributed by atoms with van der Waals surface area (Å²) < 4.78 is 24.8. The Morgan fingerprint density at radius 2 is 1.92 bits per heavy atom. The highest BCUT2D eigenvalue weighted by molar-refractivity contribution is 6.05. The number of amides is 1. The van der Waals surface area contributed by atoms with Gasteiger partial charge in [0.15, 0.2) is 11.5 Å². The van der Waals surface area contributed by atoms with E-state index < -0.39 is 17.8 Å². The van der Waals surface area contributed by atoms with Gasteiger partial charge in [-0.1, -0.05) is 19.1 Å². The van der Waals surface area contributed by atoms with Crippen LogP contribution in [0, 0.1) is 5.82 Å². The lowest BCUT2D eigenvalue weighted by atomic mass is 10.0. The molecule has 24 heavy (non-hydrogen) atoms. The lowest BCUT2D eigenvalue weighted by Crippen LogP contribution is -2.19. The van der Waals surface area contributed by atoms with Crippen molar-refractivity contribution in [3.05, 3.63) is 53.3 Å². The van der Waals surface area contributed by atoms with Gasteiger partial charge in [0.1, 0.15) is 19.0 Å². The SMILES string of the molecule is CC[C@H](O)c1cc2c(cc1NC(=O)c1ccccc1F)OCCO2. The summed E-state index contributed by atoms with van der Waals surface area (Å²) in [6.07, 6.45) is -0.320. The maximum atomic E-state index is 13.8. The van der Waals surface area contributed by atoms with E-state index in [2.05, 4.69) is 5.32 Å². The predicted octanol–water partition coefficient (Wildman–Crippen LogP) is 3.29. The molecule has 3 rings (SSSR count). The summed E-state index contributed by atoms with van der Waals surface area (Å²) in [5, 5.41) is 12.9. The summed E-state index contributed by atoms with van der Waals surface area (Å²) in [5.41, 5.74) is 0.817. The second-order valence-electron chi connectivity index (χ2n) is 5.44. The number of hydrogen-bond donors (Lipinski definition) is 2. The average Bonchev–Trinajstić information content (AvgIpc) is 2.60. The highest BCUT2D eigenvalue weighted by atomic mass is 19.1. The zero-order valence-corrected chi connectivity index (χ0v) is 13.2. The van der Waals surface area contributed by atoms with Crippen LogP contribution in [0.15, 0.2) is 36.4 Å². The molecule has 0 unspecified atom stereocenters. The first kappa shape index (κ1) is 16.3. The largest absolute Gasteiger partial charge is 0.486 e. The van der Waals surface area contributed by atoms with E-state index >= 15 is 0 Å². The maximum absolute atomic E-state index is 13.8. The Bertz CT molecular complexity index is 763. The molecule has 0 saturated heterocycles.